The van der Waals surface area contributed by atoms with Gasteiger partial charge in [0.1, 0.15) is 0 Å². The fraction of sp³-hybridized carbons (Fsp3) is 0.250. The Morgan fingerprint density at radius 1 is 1.42 bits per heavy atom. The van der Waals surface area contributed by atoms with Crippen molar-refractivity contribution in [1.29, 1.82) is 0 Å². The maximum absolute atomic E-state index is 5.94. The molecule has 0 aromatic heterocycles. The van der Waals surface area contributed by atoms with Gasteiger partial charge in [-0.3, -0.25) is 4.31 Å². The lowest BCUT2D eigenvalue weighted by Gasteiger charge is -2.09. The average molecular weight is 203 g/mol. The van der Waals surface area contributed by atoms with Crippen molar-refractivity contribution in [2.24, 2.45) is 0 Å². The molecule has 0 saturated heterocycles. The standard InChI is InChI=1S/C8H11ClN2S/c1-11(2)12-8-5-6(10)3-4-7(8)9/h3-5H,10H2,1-2H3. The fourth-order valence-corrected chi connectivity index (χ4v) is 1.75. The van der Waals surface area contributed by atoms with Crippen molar-refractivity contribution in [3.05, 3.63) is 23.2 Å². The molecule has 0 amide bonds. The van der Waals surface area contributed by atoms with Crippen LogP contribution in [0.4, 0.5) is 5.69 Å². The molecule has 2 nitrogen and oxygen atoms in total. The second kappa shape index (κ2) is 4.03. The molecule has 0 heterocycles. The summed E-state index contributed by atoms with van der Waals surface area (Å²) >= 11 is 7.50. The third-order valence-electron chi connectivity index (χ3n) is 1.24. The van der Waals surface area contributed by atoms with Crippen LogP contribution in [-0.2, 0) is 0 Å². The molecular weight excluding hydrogens is 192 g/mol. The van der Waals surface area contributed by atoms with E-state index in [0.29, 0.717) is 0 Å². The van der Waals surface area contributed by atoms with Crippen molar-refractivity contribution in [1.82, 2.24) is 4.31 Å². The van der Waals surface area contributed by atoms with Crippen LogP contribution in [0.15, 0.2) is 23.1 Å². The minimum Gasteiger partial charge on any atom is -0.399 e. The molecule has 4 heteroatoms. The smallest absolute Gasteiger partial charge is 0.0556 e. The Morgan fingerprint density at radius 3 is 2.67 bits per heavy atom. The third kappa shape index (κ3) is 2.59. The first-order valence-electron chi connectivity index (χ1n) is 3.50. The number of nitrogen functional groups attached to an aromatic ring is 1. The van der Waals surface area contributed by atoms with Gasteiger partial charge in [-0.25, -0.2) is 0 Å². The van der Waals surface area contributed by atoms with Gasteiger partial charge in [-0.1, -0.05) is 11.6 Å². The summed E-state index contributed by atoms with van der Waals surface area (Å²) in [7, 11) is 3.92. The molecule has 0 atom stereocenters. The summed E-state index contributed by atoms with van der Waals surface area (Å²) in [6.07, 6.45) is 0. The van der Waals surface area contributed by atoms with E-state index >= 15 is 0 Å². The van der Waals surface area contributed by atoms with Gasteiger partial charge >= 0.3 is 0 Å². The minimum atomic E-state index is 0.739. The largest absolute Gasteiger partial charge is 0.399 e. The SMILES string of the molecule is CN(C)Sc1cc(N)ccc1Cl. The van der Waals surface area contributed by atoms with Crippen molar-refractivity contribution >= 4 is 29.2 Å². The van der Waals surface area contributed by atoms with Crippen molar-refractivity contribution in [3.63, 3.8) is 0 Å². The van der Waals surface area contributed by atoms with E-state index in [4.69, 9.17) is 17.3 Å². The van der Waals surface area contributed by atoms with E-state index in [1.54, 1.807) is 18.0 Å². The van der Waals surface area contributed by atoms with Gasteiger partial charge < -0.3 is 5.73 Å². The van der Waals surface area contributed by atoms with Crippen LogP contribution >= 0.6 is 23.5 Å². The molecule has 0 bridgehead atoms. The van der Waals surface area contributed by atoms with Gasteiger partial charge in [-0.2, -0.15) is 0 Å². The highest BCUT2D eigenvalue weighted by atomic mass is 35.5. The number of halogens is 1. The summed E-state index contributed by atoms with van der Waals surface area (Å²) in [4.78, 5) is 0.988. The molecule has 0 fully saturated rings. The van der Waals surface area contributed by atoms with Gasteiger partial charge in [0, 0.05) is 10.6 Å². The summed E-state index contributed by atoms with van der Waals surface area (Å²) in [5.74, 6) is 0. The Kier molecular flexibility index (Phi) is 3.26. The van der Waals surface area contributed by atoms with E-state index in [1.165, 1.54) is 0 Å². The van der Waals surface area contributed by atoms with E-state index in [9.17, 15) is 0 Å². The molecule has 0 saturated carbocycles. The molecule has 0 aliphatic carbocycles. The molecular formula is C8H11ClN2S. The number of hydrogen-bond acceptors (Lipinski definition) is 3. The molecule has 1 aromatic carbocycles. The van der Waals surface area contributed by atoms with Crippen LogP contribution in [0.1, 0.15) is 0 Å². The molecule has 0 aliphatic rings. The van der Waals surface area contributed by atoms with Crippen LogP contribution in [0.2, 0.25) is 5.02 Å². The number of benzene rings is 1. The molecule has 12 heavy (non-hydrogen) atoms. The quantitative estimate of drug-likeness (QED) is 0.590. The second-order valence-corrected chi connectivity index (χ2v) is 4.35. The van der Waals surface area contributed by atoms with E-state index in [1.807, 2.05) is 30.5 Å². The summed E-state index contributed by atoms with van der Waals surface area (Å²) < 4.78 is 1.97. The fourth-order valence-electron chi connectivity index (χ4n) is 0.787. The van der Waals surface area contributed by atoms with Crippen molar-refractivity contribution in [2.75, 3.05) is 19.8 Å². The minimum absolute atomic E-state index is 0.739. The Bertz CT molecular complexity index is 276. The normalized spacial score (nSPS) is 10.7. The van der Waals surface area contributed by atoms with E-state index in [0.717, 1.165) is 15.6 Å². The van der Waals surface area contributed by atoms with Gasteiger partial charge in [0.2, 0.25) is 0 Å². The zero-order chi connectivity index (χ0) is 9.14. The number of hydrogen-bond donors (Lipinski definition) is 1. The number of nitrogens with zero attached hydrogens (tertiary/aromatic N) is 1. The monoisotopic (exact) mass is 202 g/mol. The number of anilines is 1. The second-order valence-electron chi connectivity index (χ2n) is 2.59. The molecule has 0 unspecified atom stereocenters. The van der Waals surface area contributed by atoms with Gasteiger partial charge in [0.05, 0.1) is 5.02 Å². The van der Waals surface area contributed by atoms with Crippen LogP contribution in [0.25, 0.3) is 0 Å². The summed E-state index contributed by atoms with van der Waals surface area (Å²) in [6.45, 7) is 0. The van der Waals surface area contributed by atoms with E-state index < -0.39 is 0 Å². The average Bonchev–Trinajstić information content (AvgIpc) is 1.96. The summed E-state index contributed by atoms with van der Waals surface area (Å²) in [5.41, 5.74) is 6.35. The van der Waals surface area contributed by atoms with Gasteiger partial charge in [-0.05, 0) is 44.2 Å². The highest BCUT2D eigenvalue weighted by Gasteiger charge is 2.02. The van der Waals surface area contributed by atoms with Crippen LogP contribution in [0, 0.1) is 0 Å². The van der Waals surface area contributed by atoms with Crippen LogP contribution in [0.5, 0.6) is 0 Å². The molecule has 0 aliphatic heterocycles. The molecule has 0 radical (unpaired) electrons. The van der Waals surface area contributed by atoms with E-state index in [2.05, 4.69) is 0 Å². The number of rotatable bonds is 2. The van der Waals surface area contributed by atoms with Gasteiger partial charge in [0.15, 0.2) is 0 Å². The molecule has 1 rings (SSSR count). The highest BCUT2D eigenvalue weighted by Crippen LogP contribution is 2.29. The molecule has 2 N–H and O–H groups in total. The van der Waals surface area contributed by atoms with Crippen molar-refractivity contribution in [3.8, 4) is 0 Å². The Hall–Kier alpha value is -0.380. The maximum atomic E-state index is 5.94. The predicted octanol–water partition coefficient (Wildman–Crippen LogP) is 2.49. The first-order valence-corrected chi connectivity index (χ1v) is 4.65. The van der Waals surface area contributed by atoms with Crippen LogP contribution < -0.4 is 5.73 Å². The van der Waals surface area contributed by atoms with Crippen molar-refractivity contribution in [2.45, 2.75) is 4.90 Å². The Morgan fingerprint density at radius 2 is 2.08 bits per heavy atom. The number of nitrogens with two attached hydrogens (primary N) is 1. The molecule has 0 spiro atoms. The van der Waals surface area contributed by atoms with E-state index in [-0.39, 0.29) is 0 Å². The Balaban J connectivity index is 2.90. The predicted molar refractivity (Wildman–Crippen MR) is 55.4 cm³/mol. The lowest BCUT2D eigenvalue weighted by atomic mass is 10.3. The van der Waals surface area contributed by atoms with Crippen LogP contribution in [0.3, 0.4) is 0 Å². The first-order chi connectivity index (χ1) is 5.59. The summed E-state index contributed by atoms with van der Waals surface area (Å²) in [5, 5.41) is 0.739. The highest BCUT2D eigenvalue weighted by molar-refractivity contribution is 7.97. The van der Waals surface area contributed by atoms with Gasteiger partial charge in [0.25, 0.3) is 0 Å². The first kappa shape index (κ1) is 9.71. The molecule has 66 valence electrons. The van der Waals surface area contributed by atoms with Gasteiger partial charge in [-0.15, -0.1) is 0 Å². The third-order valence-corrected chi connectivity index (χ3v) is 2.58. The van der Waals surface area contributed by atoms with Crippen LogP contribution in [-0.4, -0.2) is 18.4 Å². The lowest BCUT2D eigenvalue weighted by molar-refractivity contribution is 0.703. The zero-order valence-corrected chi connectivity index (χ0v) is 8.62. The van der Waals surface area contributed by atoms with Crippen molar-refractivity contribution < 1.29 is 0 Å². The summed E-state index contributed by atoms with van der Waals surface area (Å²) in [6, 6.07) is 5.47. The lowest BCUT2D eigenvalue weighted by Crippen LogP contribution is -1.99. The maximum Gasteiger partial charge on any atom is 0.0556 e. The molecule has 1 aromatic rings. The zero-order valence-electron chi connectivity index (χ0n) is 7.04. The Labute approximate surface area is 81.8 Å². The topological polar surface area (TPSA) is 29.3 Å².